The minimum Gasteiger partial charge on any atom is -0.481 e. The molecule has 2 aliphatic rings. The van der Waals surface area contributed by atoms with Crippen molar-refractivity contribution in [1.29, 1.82) is 0 Å². The second-order valence-corrected chi connectivity index (χ2v) is 5.93. The summed E-state index contributed by atoms with van der Waals surface area (Å²) in [5.41, 5.74) is 5.40. The minimum atomic E-state index is -0.752. The van der Waals surface area contributed by atoms with Crippen molar-refractivity contribution in [1.82, 2.24) is 4.90 Å². The van der Waals surface area contributed by atoms with Gasteiger partial charge >= 0.3 is 5.97 Å². The first-order valence-corrected chi connectivity index (χ1v) is 7.36. The number of nitrogens with zero attached hydrogens (tertiary/aromatic N) is 1. The Morgan fingerprint density at radius 2 is 1.85 bits per heavy atom. The number of hydrogen-bond acceptors (Lipinski definition) is 4. The lowest BCUT2D eigenvalue weighted by Crippen LogP contribution is -2.52. The van der Waals surface area contributed by atoms with Crippen molar-refractivity contribution < 1.29 is 19.4 Å². The highest BCUT2D eigenvalue weighted by Crippen LogP contribution is 2.33. The van der Waals surface area contributed by atoms with Crippen LogP contribution >= 0.6 is 0 Å². The van der Waals surface area contributed by atoms with E-state index in [9.17, 15) is 9.59 Å². The van der Waals surface area contributed by atoms with Crippen molar-refractivity contribution in [2.45, 2.75) is 32.1 Å². The van der Waals surface area contributed by atoms with E-state index in [0.717, 1.165) is 12.8 Å². The summed E-state index contributed by atoms with van der Waals surface area (Å²) >= 11 is 0. The third kappa shape index (κ3) is 3.30. The van der Waals surface area contributed by atoms with Gasteiger partial charge in [0.25, 0.3) is 0 Å². The van der Waals surface area contributed by atoms with Gasteiger partial charge in [-0.3, -0.25) is 9.59 Å². The number of carboxylic acids is 1. The molecular formula is C14H24N2O4. The molecule has 0 spiro atoms. The summed E-state index contributed by atoms with van der Waals surface area (Å²) in [5.74, 6) is -0.422. The molecule has 2 rings (SSSR count). The molecule has 0 aromatic carbocycles. The van der Waals surface area contributed by atoms with E-state index in [-0.39, 0.29) is 18.2 Å². The maximum absolute atomic E-state index is 12.7. The monoisotopic (exact) mass is 284 g/mol. The zero-order valence-corrected chi connectivity index (χ0v) is 11.8. The molecule has 6 heteroatoms. The fourth-order valence-corrected chi connectivity index (χ4v) is 3.19. The Bertz CT molecular complexity index is 358. The Balaban J connectivity index is 1.92. The van der Waals surface area contributed by atoms with E-state index in [1.165, 1.54) is 0 Å². The van der Waals surface area contributed by atoms with Crippen molar-refractivity contribution in [3.63, 3.8) is 0 Å². The first kappa shape index (κ1) is 15.3. The summed E-state index contributed by atoms with van der Waals surface area (Å²) in [6.45, 7) is 2.86. The number of piperidine rings is 1. The Kier molecular flexibility index (Phi) is 4.99. The molecule has 2 aliphatic heterocycles. The zero-order chi connectivity index (χ0) is 14.6. The zero-order valence-electron chi connectivity index (χ0n) is 11.8. The number of aliphatic carboxylic acids is 1. The van der Waals surface area contributed by atoms with Crippen LogP contribution < -0.4 is 5.73 Å². The molecule has 2 heterocycles. The predicted molar refractivity (Wildman–Crippen MR) is 73.1 cm³/mol. The van der Waals surface area contributed by atoms with Crippen LogP contribution in [0.5, 0.6) is 0 Å². The molecule has 1 amide bonds. The van der Waals surface area contributed by atoms with Crippen molar-refractivity contribution in [3.05, 3.63) is 0 Å². The Morgan fingerprint density at radius 1 is 1.25 bits per heavy atom. The van der Waals surface area contributed by atoms with E-state index in [0.29, 0.717) is 45.7 Å². The topological polar surface area (TPSA) is 92.9 Å². The van der Waals surface area contributed by atoms with Gasteiger partial charge in [0.1, 0.15) is 0 Å². The normalized spacial score (nSPS) is 23.6. The van der Waals surface area contributed by atoms with Crippen molar-refractivity contribution >= 4 is 11.9 Å². The number of rotatable bonds is 4. The standard InChI is InChI=1S/C14H24N2O4/c15-10-14(3-7-20-8-4-14)13(19)16-5-1-11(2-6-16)9-12(17)18/h11H,1-10,15H2,(H,17,18). The Morgan fingerprint density at radius 3 is 2.35 bits per heavy atom. The summed E-state index contributed by atoms with van der Waals surface area (Å²) in [7, 11) is 0. The molecule has 0 aromatic heterocycles. The lowest BCUT2D eigenvalue weighted by Gasteiger charge is -2.41. The van der Waals surface area contributed by atoms with Crippen molar-refractivity contribution in [2.24, 2.45) is 17.1 Å². The fourth-order valence-electron chi connectivity index (χ4n) is 3.19. The van der Waals surface area contributed by atoms with Gasteiger partial charge in [-0.2, -0.15) is 0 Å². The molecule has 0 unspecified atom stereocenters. The Labute approximate surface area is 119 Å². The smallest absolute Gasteiger partial charge is 0.303 e. The van der Waals surface area contributed by atoms with Crippen LogP contribution in [0.1, 0.15) is 32.1 Å². The lowest BCUT2D eigenvalue weighted by atomic mass is 9.78. The molecular weight excluding hydrogens is 260 g/mol. The summed E-state index contributed by atoms with van der Waals surface area (Å²) in [4.78, 5) is 25.3. The van der Waals surface area contributed by atoms with Gasteiger partial charge in [-0.25, -0.2) is 0 Å². The number of carboxylic acid groups (broad SMARTS) is 1. The van der Waals surface area contributed by atoms with Gasteiger partial charge in [0.05, 0.1) is 5.41 Å². The molecule has 6 nitrogen and oxygen atoms in total. The Hall–Kier alpha value is -1.14. The SMILES string of the molecule is NCC1(C(=O)N2CCC(CC(=O)O)CC2)CCOCC1. The molecule has 0 aromatic rings. The molecule has 3 N–H and O–H groups in total. The number of ether oxygens (including phenoxy) is 1. The molecule has 114 valence electrons. The van der Waals surface area contributed by atoms with Crippen molar-refractivity contribution in [3.8, 4) is 0 Å². The highest BCUT2D eigenvalue weighted by Gasteiger charge is 2.42. The first-order valence-electron chi connectivity index (χ1n) is 7.36. The number of carbonyl (C=O) groups excluding carboxylic acids is 1. The van der Waals surface area contributed by atoms with Crippen LogP contribution in [0, 0.1) is 11.3 Å². The van der Waals surface area contributed by atoms with E-state index in [1.807, 2.05) is 4.90 Å². The van der Waals surface area contributed by atoms with Crippen LogP contribution in [0.2, 0.25) is 0 Å². The molecule has 0 bridgehead atoms. The van der Waals surface area contributed by atoms with E-state index in [1.54, 1.807) is 0 Å². The van der Waals surface area contributed by atoms with E-state index in [4.69, 9.17) is 15.6 Å². The molecule has 2 saturated heterocycles. The van der Waals surface area contributed by atoms with Crippen LogP contribution in [-0.4, -0.2) is 54.7 Å². The first-order chi connectivity index (χ1) is 9.57. The lowest BCUT2D eigenvalue weighted by molar-refractivity contribution is -0.149. The average Bonchev–Trinajstić information content (AvgIpc) is 2.47. The third-order valence-electron chi connectivity index (χ3n) is 4.66. The van der Waals surface area contributed by atoms with E-state index >= 15 is 0 Å². The predicted octanol–water partition coefficient (Wildman–Crippen LogP) is 0.455. The summed E-state index contributed by atoms with van der Waals surface area (Å²) < 4.78 is 5.33. The number of hydrogen-bond donors (Lipinski definition) is 2. The highest BCUT2D eigenvalue weighted by molar-refractivity contribution is 5.83. The largest absolute Gasteiger partial charge is 0.481 e. The minimum absolute atomic E-state index is 0.136. The van der Waals surface area contributed by atoms with Gasteiger partial charge in [-0.1, -0.05) is 0 Å². The maximum Gasteiger partial charge on any atom is 0.303 e. The molecule has 0 atom stereocenters. The molecule has 0 aliphatic carbocycles. The van der Waals surface area contributed by atoms with E-state index < -0.39 is 11.4 Å². The van der Waals surface area contributed by atoms with Gasteiger partial charge < -0.3 is 20.5 Å². The van der Waals surface area contributed by atoms with Gasteiger partial charge in [0, 0.05) is 39.3 Å². The van der Waals surface area contributed by atoms with Crippen LogP contribution in [0.4, 0.5) is 0 Å². The van der Waals surface area contributed by atoms with Gasteiger partial charge in [-0.05, 0) is 31.6 Å². The van der Waals surface area contributed by atoms with Gasteiger partial charge in [0.2, 0.25) is 5.91 Å². The van der Waals surface area contributed by atoms with Gasteiger partial charge in [-0.15, -0.1) is 0 Å². The summed E-state index contributed by atoms with van der Waals surface area (Å²) in [6, 6.07) is 0. The highest BCUT2D eigenvalue weighted by atomic mass is 16.5. The van der Waals surface area contributed by atoms with Crippen LogP contribution in [0.3, 0.4) is 0 Å². The van der Waals surface area contributed by atoms with Crippen molar-refractivity contribution in [2.75, 3.05) is 32.8 Å². The van der Waals surface area contributed by atoms with E-state index in [2.05, 4.69) is 0 Å². The maximum atomic E-state index is 12.7. The molecule has 20 heavy (non-hydrogen) atoms. The fraction of sp³-hybridized carbons (Fsp3) is 0.857. The quantitative estimate of drug-likeness (QED) is 0.782. The van der Waals surface area contributed by atoms with Crippen LogP contribution in [0.15, 0.2) is 0 Å². The molecule has 0 radical (unpaired) electrons. The number of amides is 1. The average molecular weight is 284 g/mol. The molecule has 0 saturated carbocycles. The summed E-state index contributed by atoms with van der Waals surface area (Å²) in [6.07, 6.45) is 3.14. The van der Waals surface area contributed by atoms with Crippen LogP contribution in [0.25, 0.3) is 0 Å². The number of carbonyl (C=O) groups is 2. The number of nitrogens with two attached hydrogens (primary N) is 1. The van der Waals surface area contributed by atoms with Gasteiger partial charge in [0.15, 0.2) is 0 Å². The second kappa shape index (κ2) is 6.54. The molecule has 2 fully saturated rings. The van der Waals surface area contributed by atoms with Crippen LogP contribution in [-0.2, 0) is 14.3 Å². The third-order valence-corrected chi connectivity index (χ3v) is 4.66. The summed E-state index contributed by atoms with van der Waals surface area (Å²) in [5, 5.41) is 8.81. The number of likely N-dealkylation sites (tertiary alicyclic amines) is 1. The second-order valence-electron chi connectivity index (χ2n) is 5.93.